The molecule has 0 aromatic heterocycles. The van der Waals surface area contributed by atoms with Crippen LogP contribution < -0.4 is 19.9 Å². The molecule has 0 atom stereocenters. The van der Waals surface area contributed by atoms with E-state index in [0.29, 0.717) is 17.1 Å². The van der Waals surface area contributed by atoms with Crippen molar-refractivity contribution in [3.05, 3.63) is 48.5 Å². The first-order chi connectivity index (χ1) is 13.6. The zero-order valence-corrected chi connectivity index (χ0v) is 16.5. The van der Waals surface area contributed by atoms with Gasteiger partial charge in [-0.05, 0) is 55.7 Å². The second-order valence-corrected chi connectivity index (χ2v) is 6.92. The van der Waals surface area contributed by atoms with Crippen LogP contribution in [0.2, 0.25) is 0 Å². The number of para-hydroxylation sites is 2. The fourth-order valence-electron chi connectivity index (χ4n) is 3.47. The molecule has 0 bridgehead atoms. The average molecular weight is 381 g/mol. The van der Waals surface area contributed by atoms with Crippen molar-refractivity contribution >= 4 is 28.9 Å². The Morgan fingerprint density at radius 2 is 1.71 bits per heavy atom. The van der Waals surface area contributed by atoms with Crippen molar-refractivity contribution in [1.29, 1.82) is 0 Å². The SMILES string of the molecule is COc1ccccc1N(CC(=O)Nc1ccc(N2CCCCC2)cc1)C(C)=O. The number of amides is 2. The monoisotopic (exact) mass is 381 g/mol. The van der Waals surface area contributed by atoms with E-state index < -0.39 is 0 Å². The van der Waals surface area contributed by atoms with E-state index >= 15 is 0 Å². The lowest BCUT2D eigenvalue weighted by Crippen LogP contribution is -2.36. The van der Waals surface area contributed by atoms with E-state index in [9.17, 15) is 9.59 Å². The van der Waals surface area contributed by atoms with E-state index in [1.807, 2.05) is 36.4 Å². The molecule has 28 heavy (non-hydrogen) atoms. The summed E-state index contributed by atoms with van der Waals surface area (Å²) in [5.74, 6) is 0.0725. The summed E-state index contributed by atoms with van der Waals surface area (Å²) in [6.45, 7) is 3.52. The van der Waals surface area contributed by atoms with Crippen molar-refractivity contribution in [2.24, 2.45) is 0 Å². The molecule has 0 radical (unpaired) electrons. The van der Waals surface area contributed by atoms with Crippen LogP contribution in [0.15, 0.2) is 48.5 Å². The molecule has 1 aliphatic heterocycles. The van der Waals surface area contributed by atoms with Crippen LogP contribution in [0.4, 0.5) is 17.1 Å². The molecule has 0 spiro atoms. The average Bonchev–Trinajstić information content (AvgIpc) is 2.73. The number of ether oxygens (including phenoxy) is 1. The van der Waals surface area contributed by atoms with E-state index in [1.54, 1.807) is 19.2 Å². The molecule has 0 saturated carbocycles. The van der Waals surface area contributed by atoms with Crippen LogP contribution in [-0.4, -0.2) is 38.6 Å². The lowest BCUT2D eigenvalue weighted by molar-refractivity contribution is -0.120. The Labute approximate surface area is 166 Å². The molecular formula is C22H27N3O3. The van der Waals surface area contributed by atoms with Crippen molar-refractivity contribution < 1.29 is 14.3 Å². The van der Waals surface area contributed by atoms with Crippen LogP contribution in [0.1, 0.15) is 26.2 Å². The van der Waals surface area contributed by atoms with Gasteiger partial charge in [-0.2, -0.15) is 0 Å². The minimum absolute atomic E-state index is 0.0798. The smallest absolute Gasteiger partial charge is 0.244 e. The van der Waals surface area contributed by atoms with Gasteiger partial charge in [-0.1, -0.05) is 12.1 Å². The lowest BCUT2D eigenvalue weighted by atomic mass is 10.1. The minimum atomic E-state index is -0.258. The summed E-state index contributed by atoms with van der Waals surface area (Å²) in [4.78, 5) is 28.4. The number of nitrogens with zero attached hydrogens (tertiary/aromatic N) is 2. The molecule has 6 heteroatoms. The van der Waals surface area contributed by atoms with Crippen molar-refractivity contribution in [3.8, 4) is 5.75 Å². The predicted molar refractivity (Wildman–Crippen MR) is 112 cm³/mol. The van der Waals surface area contributed by atoms with Crippen molar-refractivity contribution in [2.45, 2.75) is 26.2 Å². The lowest BCUT2D eigenvalue weighted by Gasteiger charge is -2.29. The van der Waals surface area contributed by atoms with E-state index in [-0.39, 0.29) is 18.4 Å². The summed E-state index contributed by atoms with van der Waals surface area (Å²) >= 11 is 0. The molecule has 2 aromatic carbocycles. The van der Waals surface area contributed by atoms with Gasteiger partial charge < -0.3 is 15.0 Å². The summed E-state index contributed by atoms with van der Waals surface area (Å²) in [6, 6.07) is 15.0. The molecule has 1 fully saturated rings. The van der Waals surface area contributed by atoms with Crippen molar-refractivity contribution in [1.82, 2.24) is 0 Å². The number of nitrogens with one attached hydrogen (secondary N) is 1. The molecule has 1 saturated heterocycles. The van der Waals surface area contributed by atoms with Gasteiger partial charge in [0.2, 0.25) is 11.8 Å². The molecule has 2 amide bonds. The summed E-state index contributed by atoms with van der Waals surface area (Å²) < 4.78 is 5.32. The number of piperidine rings is 1. The van der Waals surface area contributed by atoms with Gasteiger partial charge in [-0.15, -0.1) is 0 Å². The number of benzene rings is 2. The summed E-state index contributed by atoms with van der Waals surface area (Å²) in [5.41, 5.74) is 2.47. The van der Waals surface area contributed by atoms with Crippen molar-refractivity contribution in [2.75, 3.05) is 41.9 Å². The fourth-order valence-corrected chi connectivity index (χ4v) is 3.47. The highest BCUT2D eigenvalue weighted by Gasteiger charge is 2.19. The van der Waals surface area contributed by atoms with Crippen molar-refractivity contribution in [3.63, 3.8) is 0 Å². The molecule has 1 aliphatic rings. The van der Waals surface area contributed by atoms with Crippen LogP contribution >= 0.6 is 0 Å². The number of hydrogen-bond acceptors (Lipinski definition) is 4. The number of rotatable bonds is 6. The third-order valence-corrected chi connectivity index (χ3v) is 4.93. The number of carbonyl (C=O) groups excluding carboxylic acids is 2. The molecule has 1 N–H and O–H groups in total. The second kappa shape index (κ2) is 9.26. The Morgan fingerprint density at radius 1 is 1.04 bits per heavy atom. The quantitative estimate of drug-likeness (QED) is 0.829. The van der Waals surface area contributed by atoms with Crippen LogP contribution in [0, 0.1) is 0 Å². The van der Waals surface area contributed by atoms with Gasteiger partial charge in [0.25, 0.3) is 0 Å². The number of methoxy groups -OCH3 is 1. The molecule has 1 heterocycles. The minimum Gasteiger partial charge on any atom is -0.495 e. The molecule has 0 unspecified atom stereocenters. The Morgan fingerprint density at radius 3 is 2.36 bits per heavy atom. The van der Waals surface area contributed by atoms with Gasteiger partial charge in [0.05, 0.1) is 12.8 Å². The zero-order valence-electron chi connectivity index (χ0n) is 16.5. The molecule has 3 rings (SSSR count). The highest BCUT2D eigenvalue weighted by atomic mass is 16.5. The molecular weight excluding hydrogens is 354 g/mol. The van der Waals surface area contributed by atoms with Gasteiger partial charge in [0.1, 0.15) is 12.3 Å². The van der Waals surface area contributed by atoms with Crippen LogP contribution in [0.25, 0.3) is 0 Å². The highest BCUT2D eigenvalue weighted by Crippen LogP contribution is 2.28. The van der Waals surface area contributed by atoms with Crippen LogP contribution in [0.5, 0.6) is 5.75 Å². The van der Waals surface area contributed by atoms with Gasteiger partial charge in [-0.25, -0.2) is 0 Å². The summed E-state index contributed by atoms with van der Waals surface area (Å²) in [6.07, 6.45) is 3.74. The molecule has 2 aromatic rings. The van der Waals surface area contributed by atoms with E-state index in [4.69, 9.17) is 4.74 Å². The topological polar surface area (TPSA) is 61.9 Å². The maximum atomic E-state index is 12.5. The Bertz CT molecular complexity index is 814. The molecule has 0 aliphatic carbocycles. The normalized spacial score (nSPS) is 13.7. The Hall–Kier alpha value is -3.02. The van der Waals surface area contributed by atoms with Crippen LogP contribution in [-0.2, 0) is 9.59 Å². The standard InChI is InChI=1S/C22H27N3O3/c1-17(26)25(20-8-4-5-9-21(20)28-2)16-22(27)23-18-10-12-19(13-11-18)24-14-6-3-7-15-24/h4-5,8-13H,3,6-7,14-16H2,1-2H3,(H,23,27). The van der Waals surface area contributed by atoms with E-state index in [0.717, 1.165) is 13.1 Å². The molecule has 6 nitrogen and oxygen atoms in total. The van der Waals surface area contributed by atoms with Gasteiger partial charge in [-0.3, -0.25) is 14.5 Å². The fraction of sp³-hybridized carbons (Fsp3) is 0.364. The van der Waals surface area contributed by atoms with Gasteiger partial charge in [0, 0.05) is 31.4 Å². The first-order valence-electron chi connectivity index (χ1n) is 9.64. The second-order valence-electron chi connectivity index (χ2n) is 6.92. The summed E-state index contributed by atoms with van der Waals surface area (Å²) in [5, 5.41) is 2.87. The number of hydrogen-bond donors (Lipinski definition) is 1. The molecule has 148 valence electrons. The number of carbonyl (C=O) groups is 2. The first-order valence-corrected chi connectivity index (χ1v) is 9.64. The van der Waals surface area contributed by atoms with E-state index in [2.05, 4.69) is 10.2 Å². The maximum absolute atomic E-state index is 12.5. The zero-order chi connectivity index (χ0) is 19.9. The predicted octanol–water partition coefficient (Wildman–Crippen LogP) is 3.68. The number of anilines is 3. The highest BCUT2D eigenvalue weighted by molar-refractivity contribution is 6.02. The van der Waals surface area contributed by atoms with Crippen LogP contribution in [0.3, 0.4) is 0 Å². The third-order valence-electron chi connectivity index (χ3n) is 4.93. The van der Waals surface area contributed by atoms with Gasteiger partial charge >= 0.3 is 0 Å². The van der Waals surface area contributed by atoms with E-state index in [1.165, 1.54) is 36.8 Å². The Balaban J connectivity index is 1.65. The summed E-state index contributed by atoms with van der Waals surface area (Å²) in [7, 11) is 1.54. The Kier molecular flexibility index (Phi) is 6.53. The third kappa shape index (κ3) is 4.82. The van der Waals surface area contributed by atoms with Gasteiger partial charge in [0.15, 0.2) is 0 Å². The maximum Gasteiger partial charge on any atom is 0.244 e. The first kappa shape index (κ1) is 19.7. The largest absolute Gasteiger partial charge is 0.495 e.